The third kappa shape index (κ3) is 5.22. The van der Waals surface area contributed by atoms with Crippen LogP contribution in [0.3, 0.4) is 0 Å². The third-order valence-corrected chi connectivity index (χ3v) is 6.41. The first-order valence-electron chi connectivity index (χ1n) is 11.6. The molecule has 4 rings (SSSR count). The topological polar surface area (TPSA) is 106 Å². The number of nitrogens with one attached hydrogen (secondary N) is 1. The molecule has 1 fully saturated rings. The van der Waals surface area contributed by atoms with E-state index in [9.17, 15) is 9.59 Å². The lowest BCUT2D eigenvalue weighted by Gasteiger charge is -2.30. The van der Waals surface area contributed by atoms with Gasteiger partial charge in [0.25, 0.3) is 5.91 Å². The number of hydrogen-bond acceptors (Lipinski definition) is 5. The number of carbonyl (C=O) groups excluding carboxylic acids is 2. The molecule has 1 aliphatic heterocycles. The van der Waals surface area contributed by atoms with E-state index in [1.165, 1.54) is 5.56 Å². The quantitative estimate of drug-likeness (QED) is 0.577. The Hall–Kier alpha value is -3.26. The Kier molecular flexibility index (Phi) is 6.74. The molecule has 1 aliphatic rings. The molecule has 0 bridgehead atoms. The van der Waals surface area contributed by atoms with Crippen LogP contribution in [0.15, 0.2) is 36.5 Å². The predicted molar refractivity (Wildman–Crippen MR) is 129 cm³/mol. The van der Waals surface area contributed by atoms with Crippen molar-refractivity contribution >= 4 is 28.5 Å². The monoisotopic (exact) mass is 448 g/mol. The largest absolute Gasteiger partial charge is 0.369 e. The Morgan fingerprint density at radius 1 is 1.18 bits per heavy atom. The molecule has 1 saturated heterocycles. The Balaban J connectivity index is 1.35. The molecular weight excluding hydrogens is 416 g/mol. The van der Waals surface area contributed by atoms with Gasteiger partial charge in [-0.15, -0.1) is 0 Å². The molecule has 0 unspecified atom stereocenters. The van der Waals surface area contributed by atoms with Crippen molar-refractivity contribution in [2.75, 3.05) is 25.0 Å². The van der Waals surface area contributed by atoms with Crippen LogP contribution < -0.4 is 11.1 Å². The first kappa shape index (κ1) is 22.9. The van der Waals surface area contributed by atoms with E-state index in [0.717, 1.165) is 55.6 Å². The number of carbonyl (C=O) groups is 2. The average Bonchev–Trinajstić information content (AvgIpc) is 3.21. The fourth-order valence-corrected chi connectivity index (χ4v) is 4.35. The molecule has 3 heterocycles. The van der Waals surface area contributed by atoms with E-state index in [1.807, 2.05) is 41.9 Å². The highest BCUT2D eigenvalue weighted by Crippen LogP contribution is 2.21. The van der Waals surface area contributed by atoms with Crippen LogP contribution in [0.5, 0.6) is 0 Å². The van der Waals surface area contributed by atoms with Gasteiger partial charge in [-0.3, -0.25) is 9.59 Å². The minimum absolute atomic E-state index is 0.0232. The summed E-state index contributed by atoms with van der Waals surface area (Å²) < 4.78 is 1.86. The summed E-state index contributed by atoms with van der Waals surface area (Å²) in [5, 5.41) is 8.23. The number of likely N-dealkylation sites (tertiary alicyclic amines) is 1. The van der Waals surface area contributed by atoms with Crippen molar-refractivity contribution in [3.05, 3.63) is 53.3 Å². The summed E-state index contributed by atoms with van der Waals surface area (Å²) in [6.07, 6.45) is 4.37. The number of nitrogens with zero attached hydrogens (tertiary/aromatic N) is 4. The van der Waals surface area contributed by atoms with Gasteiger partial charge in [0.15, 0.2) is 5.65 Å². The zero-order chi connectivity index (χ0) is 23.5. The van der Waals surface area contributed by atoms with Crippen molar-refractivity contribution < 1.29 is 9.59 Å². The number of aromatic nitrogens is 3. The molecule has 0 atom stereocenters. The summed E-state index contributed by atoms with van der Waals surface area (Å²) in [6.45, 7) is 8.73. The predicted octanol–water partition coefficient (Wildman–Crippen LogP) is 3.31. The van der Waals surface area contributed by atoms with E-state index < -0.39 is 0 Å². The number of pyridine rings is 1. The number of fused-ring (bicyclic) bond motifs is 1. The normalized spacial score (nSPS) is 15.3. The third-order valence-electron chi connectivity index (χ3n) is 6.41. The van der Waals surface area contributed by atoms with Crippen molar-refractivity contribution in [2.24, 2.45) is 11.7 Å². The van der Waals surface area contributed by atoms with Crippen LogP contribution in [0.1, 0.15) is 54.3 Å². The molecule has 0 aliphatic carbocycles. The minimum Gasteiger partial charge on any atom is -0.369 e. The van der Waals surface area contributed by atoms with E-state index in [0.29, 0.717) is 11.3 Å². The van der Waals surface area contributed by atoms with Crippen LogP contribution in [0.2, 0.25) is 0 Å². The second-order valence-electron chi connectivity index (χ2n) is 9.14. The zero-order valence-electron chi connectivity index (χ0n) is 19.5. The van der Waals surface area contributed by atoms with E-state index in [2.05, 4.69) is 34.1 Å². The Bertz CT molecular complexity index is 1140. The van der Waals surface area contributed by atoms with E-state index in [4.69, 9.17) is 5.73 Å². The number of benzene rings is 1. The lowest BCUT2D eigenvalue weighted by Crippen LogP contribution is -2.39. The van der Waals surface area contributed by atoms with Gasteiger partial charge in [-0.25, -0.2) is 9.67 Å². The first-order valence-corrected chi connectivity index (χ1v) is 11.6. The van der Waals surface area contributed by atoms with Crippen LogP contribution in [-0.4, -0.2) is 51.1 Å². The summed E-state index contributed by atoms with van der Waals surface area (Å²) in [5.74, 6) is -0.330. The van der Waals surface area contributed by atoms with Gasteiger partial charge in [-0.2, -0.15) is 5.10 Å². The van der Waals surface area contributed by atoms with Crippen molar-refractivity contribution in [2.45, 2.75) is 46.1 Å². The Morgan fingerprint density at radius 3 is 2.52 bits per heavy atom. The van der Waals surface area contributed by atoms with Gasteiger partial charge in [0.1, 0.15) is 0 Å². The summed E-state index contributed by atoms with van der Waals surface area (Å²) in [6, 6.07) is 10.0. The molecule has 0 spiro atoms. The summed E-state index contributed by atoms with van der Waals surface area (Å²) >= 11 is 0. The van der Waals surface area contributed by atoms with Gasteiger partial charge in [-0.1, -0.05) is 12.1 Å². The SMILES string of the molecule is Cc1nc2c(cnn2C(C)C)cc1C(=O)Nc1ccc(CCN2CCC(C(N)=O)CC2)cc1. The van der Waals surface area contributed by atoms with Crippen LogP contribution in [0, 0.1) is 12.8 Å². The smallest absolute Gasteiger partial charge is 0.257 e. The molecule has 0 saturated carbocycles. The highest BCUT2D eigenvalue weighted by Gasteiger charge is 2.22. The highest BCUT2D eigenvalue weighted by atomic mass is 16.2. The number of amides is 2. The molecule has 33 heavy (non-hydrogen) atoms. The highest BCUT2D eigenvalue weighted by molar-refractivity contribution is 6.06. The molecule has 0 radical (unpaired) electrons. The van der Waals surface area contributed by atoms with Gasteiger partial charge >= 0.3 is 0 Å². The fraction of sp³-hybridized carbons (Fsp3) is 0.440. The second-order valence-corrected chi connectivity index (χ2v) is 9.14. The maximum atomic E-state index is 12.9. The number of aryl methyl sites for hydroxylation is 1. The Morgan fingerprint density at radius 2 is 1.88 bits per heavy atom. The first-order chi connectivity index (χ1) is 15.8. The summed E-state index contributed by atoms with van der Waals surface area (Å²) in [7, 11) is 0. The van der Waals surface area contributed by atoms with Crippen LogP contribution in [0.4, 0.5) is 5.69 Å². The molecule has 2 amide bonds. The minimum atomic E-state index is -0.177. The fourth-order valence-electron chi connectivity index (χ4n) is 4.35. The molecular formula is C25H32N6O2. The number of nitrogens with two attached hydrogens (primary N) is 1. The van der Waals surface area contributed by atoms with Gasteiger partial charge in [0, 0.05) is 29.6 Å². The molecule has 1 aromatic carbocycles. The van der Waals surface area contributed by atoms with Crippen molar-refractivity contribution in [3.8, 4) is 0 Å². The van der Waals surface area contributed by atoms with E-state index in [1.54, 1.807) is 6.20 Å². The van der Waals surface area contributed by atoms with E-state index in [-0.39, 0.29) is 23.8 Å². The van der Waals surface area contributed by atoms with Gasteiger partial charge in [0.05, 0.1) is 17.5 Å². The van der Waals surface area contributed by atoms with E-state index >= 15 is 0 Å². The van der Waals surface area contributed by atoms with Crippen LogP contribution >= 0.6 is 0 Å². The maximum absolute atomic E-state index is 12.9. The standard InChI is InChI=1S/C25H32N6O2/c1-16(2)31-24-20(15-27-31)14-22(17(3)28-24)25(33)29-21-6-4-18(5-7-21)8-11-30-12-9-19(10-13-30)23(26)32/h4-7,14-16,19H,8-13H2,1-3H3,(H2,26,32)(H,29,33). The van der Waals surface area contributed by atoms with Gasteiger partial charge in [0.2, 0.25) is 5.91 Å². The molecule has 8 nitrogen and oxygen atoms in total. The van der Waals surface area contributed by atoms with Crippen LogP contribution in [-0.2, 0) is 11.2 Å². The number of anilines is 1. The molecule has 3 N–H and O–H groups in total. The second kappa shape index (κ2) is 9.70. The number of hydrogen-bond donors (Lipinski definition) is 2. The molecule has 8 heteroatoms. The molecule has 174 valence electrons. The lowest BCUT2D eigenvalue weighted by molar-refractivity contribution is -0.123. The van der Waals surface area contributed by atoms with Crippen molar-refractivity contribution in [1.29, 1.82) is 0 Å². The van der Waals surface area contributed by atoms with Gasteiger partial charge < -0.3 is 16.0 Å². The molecule has 2 aromatic heterocycles. The maximum Gasteiger partial charge on any atom is 0.257 e. The number of primary amides is 1. The lowest BCUT2D eigenvalue weighted by atomic mass is 9.96. The average molecular weight is 449 g/mol. The molecule has 3 aromatic rings. The number of piperidine rings is 1. The summed E-state index contributed by atoms with van der Waals surface area (Å²) in [4.78, 5) is 31.2. The summed E-state index contributed by atoms with van der Waals surface area (Å²) in [5.41, 5.74) is 9.40. The Labute approximate surface area is 194 Å². The zero-order valence-corrected chi connectivity index (χ0v) is 19.5. The van der Waals surface area contributed by atoms with Crippen molar-refractivity contribution in [1.82, 2.24) is 19.7 Å². The van der Waals surface area contributed by atoms with Crippen molar-refractivity contribution in [3.63, 3.8) is 0 Å². The van der Waals surface area contributed by atoms with Gasteiger partial charge in [-0.05, 0) is 76.9 Å². The van der Waals surface area contributed by atoms with Crippen LogP contribution in [0.25, 0.3) is 11.0 Å². The number of rotatable bonds is 7.